The van der Waals surface area contributed by atoms with Crippen LogP contribution in [0, 0.1) is 12.8 Å². The zero-order chi connectivity index (χ0) is 24.0. The van der Waals surface area contributed by atoms with Gasteiger partial charge in [-0.2, -0.15) is 0 Å². The van der Waals surface area contributed by atoms with E-state index in [1.165, 1.54) is 4.90 Å². The van der Waals surface area contributed by atoms with Gasteiger partial charge in [0.1, 0.15) is 17.7 Å². The SMILES string of the molecule is Cc1cccc(N2C(=O)C3=C(C(=O)C4CC(Cl)CCC4O3)C2c2ccc(OCC(N)=O)cc2)n1. The van der Waals surface area contributed by atoms with E-state index in [0.29, 0.717) is 35.5 Å². The third-order valence-electron chi connectivity index (χ3n) is 6.48. The second-order valence-corrected chi connectivity index (χ2v) is 9.44. The minimum Gasteiger partial charge on any atom is -0.484 e. The molecule has 1 fully saturated rings. The highest BCUT2D eigenvalue weighted by Gasteiger charge is 2.53. The maximum atomic E-state index is 13.7. The molecule has 9 heteroatoms. The van der Waals surface area contributed by atoms with Crippen molar-refractivity contribution in [3.05, 3.63) is 65.1 Å². The smallest absolute Gasteiger partial charge is 0.295 e. The number of aromatic nitrogens is 1. The summed E-state index contributed by atoms with van der Waals surface area (Å²) < 4.78 is 11.5. The summed E-state index contributed by atoms with van der Waals surface area (Å²) in [7, 11) is 0. The Kier molecular flexibility index (Phi) is 5.77. The molecule has 176 valence electrons. The van der Waals surface area contributed by atoms with Crippen LogP contribution >= 0.6 is 11.6 Å². The first kappa shape index (κ1) is 22.4. The van der Waals surface area contributed by atoms with Crippen molar-refractivity contribution in [2.75, 3.05) is 11.5 Å². The fraction of sp³-hybridized carbons (Fsp3) is 0.360. The number of pyridine rings is 1. The molecule has 1 aromatic carbocycles. The average Bonchev–Trinajstić information content (AvgIpc) is 3.11. The van der Waals surface area contributed by atoms with Gasteiger partial charge in [-0.05, 0) is 56.0 Å². The first-order valence-electron chi connectivity index (χ1n) is 11.2. The maximum absolute atomic E-state index is 13.7. The van der Waals surface area contributed by atoms with Gasteiger partial charge in [0.25, 0.3) is 11.8 Å². The number of rotatable bonds is 5. The number of alkyl halides is 1. The summed E-state index contributed by atoms with van der Waals surface area (Å²) in [5, 5.41) is -0.0947. The van der Waals surface area contributed by atoms with Crippen molar-refractivity contribution >= 4 is 35.0 Å². The predicted octanol–water partition coefficient (Wildman–Crippen LogP) is 2.97. The van der Waals surface area contributed by atoms with Crippen LogP contribution in [-0.2, 0) is 19.1 Å². The van der Waals surface area contributed by atoms with Gasteiger partial charge in [-0.25, -0.2) is 4.98 Å². The molecule has 2 N–H and O–H groups in total. The van der Waals surface area contributed by atoms with Gasteiger partial charge in [0, 0.05) is 11.1 Å². The number of benzene rings is 1. The van der Waals surface area contributed by atoms with Crippen molar-refractivity contribution < 1.29 is 23.9 Å². The molecular weight excluding hydrogens is 458 g/mol. The zero-order valence-electron chi connectivity index (χ0n) is 18.6. The third kappa shape index (κ3) is 3.92. The Morgan fingerprint density at radius 1 is 1.21 bits per heavy atom. The number of fused-ring (bicyclic) bond motifs is 1. The van der Waals surface area contributed by atoms with Crippen molar-refractivity contribution in [1.82, 2.24) is 4.98 Å². The number of halogens is 1. The number of ketones is 1. The molecular formula is C25H24ClN3O5. The lowest BCUT2D eigenvalue weighted by Gasteiger charge is -2.37. The topological polar surface area (TPSA) is 112 Å². The molecule has 8 nitrogen and oxygen atoms in total. The Morgan fingerprint density at radius 2 is 1.97 bits per heavy atom. The van der Waals surface area contributed by atoms with Crippen molar-refractivity contribution in [2.45, 2.75) is 43.7 Å². The molecule has 4 unspecified atom stereocenters. The molecule has 2 aliphatic heterocycles. The lowest BCUT2D eigenvalue weighted by molar-refractivity contribution is -0.131. The van der Waals surface area contributed by atoms with Crippen LogP contribution in [0.2, 0.25) is 0 Å². The molecule has 4 atom stereocenters. The van der Waals surface area contributed by atoms with Gasteiger partial charge in [-0.15, -0.1) is 11.6 Å². The minimum absolute atomic E-state index is 0.0947. The quantitative estimate of drug-likeness (QED) is 0.657. The normalized spacial score (nSPS) is 26.1. The van der Waals surface area contributed by atoms with Gasteiger partial charge in [0.2, 0.25) is 0 Å². The fourth-order valence-corrected chi connectivity index (χ4v) is 5.25. The molecule has 0 radical (unpaired) electrons. The molecule has 5 rings (SSSR count). The lowest BCUT2D eigenvalue weighted by Crippen LogP contribution is -2.41. The van der Waals surface area contributed by atoms with E-state index in [1.54, 1.807) is 30.3 Å². The van der Waals surface area contributed by atoms with Crippen LogP contribution in [0.15, 0.2) is 53.8 Å². The Morgan fingerprint density at radius 3 is 2.68 bits per heavy atom. The number of carbonyl (C=O) groups is 3. The van der Waals surface area contributed by atoms with Crippen LogP contribution in [0.5, 0.6) is 5.75 Å². The van der Waals surface area contributed by atoms with Gasteiger partial charge in [-0.1, -0.05) is 18.2 Å². The number of primary amides is 1. The standard InChI is InChI=1S/C25H24ClN3O5/c1-13-3-2-4-20(28-13)29-22(14-5-8-16(9-6-14)33-12-19(27)30)21-23(31)17-11-15(26)7-10-18(17)34-24(21)25(29)32/h2-6,8-9,15,17-18,22H,7,10-12H2,1H3,(H2,27,30). The summed E-state index contributed by atoms with van der Waals surface area (Å²) in [6, 6.07) is 11.6. The molecule has 3 aliphatic rings. The Hall–Kier alpha value is -3.39. The van der Waals surface area contributed by atoms with E-state index in [0.717, 1.165) is 12.1 Å². The number of nitrogens with two attached hydrogens (primary N) is 1. The number of nitrogens with zero attached hydrogens (tertiary/aromatic N) is 2. The molecule has 1 aromatic heterocycles. The van der Waals surface area contributed by atoms with Gasteiger partial charge < -0.3 is 15.2 Å². The van der Waals surface area contributed by atoms with Gasteiger partial charge in [0.15, 0.2) is 18.1 Å². The molecule has 0 bridgehead atoms. The van der Waals surface area contributed by atoms with Gasteiger partial charge in [-0.3, -0.25) is 19.3 Å². The summed E-state index contributed by atoms with van der Waals surface area (Å²) in [4.78, 5) is 44.4. The van der Waals surface area contributed by atoms with Crippen LogP contribution in [0.25, 0.3) is 0 Å². The number of carbonyl (C=O) groups excluding carboxylic acids is 3. The molecule has 2 aromatic rings. The number of aryl methyl sites for hydroxylation is 1. The number of hydrogen-bond acceptors (Lipinski definition) is 6. The monoisotopic (exact) mass is 481 g/mol. The number of hydrogen-bond donors (Lipinski definition) is 1. The van der Waals surface area contributed by atoms with E-state index in [-0.39, 0.29) is 41.5 Å². The van der Waals surface area contributed by atoms with Crippen LogP contribution in [-0.4, -0.2) is 40.7 Å². The highest BCUT2D eigenvalue weighted by Crippen LogP contribution is 2.48. The van der Waals surface area contributed by atoms with E-state index in [4.69, 9.17) is 26.8 Å². The van der Waals surface area contributed by atoms with E-state index in [9.17, 15) is 14.4 Å². The molecule has 3 heterocycles. The summed E-state index contributed by atoms with van der Waals surface area (Å²) in [6.07, 6.45) is 1.55. The van der Waals surface area contributed by atoms with E-state index < -0.39 is 11.9 Å². The average molecular weight is 482 g/mol. The second kappa shape index (κ2) is 8.76. The molecule has 34 heavy (non-hydrogen) atoms. The summed E-state index contributed by atoms with van der Waals surface area (Å²) in [6.45, 7) is 1.60. The Bertz CT molecular complexity index is 1200. The first-order chi connectivity index (χ1) is 16.3. The van der Waals surface area contributed by atoms with Crippen LogP contribution in [0.1, 0.15) is 36.6 Å². The van der Waals surface area contributed by atoms with Crippen molar-refractivity contribution in [1.29, 1.82) is 0 Å². The third-order valence-corrected chi connectivity index (χ3v) is 6.88. The molecule has 0 saturated heterocycles. The molecule has 1 aliphatic carbocycles. The van der Waals surface area contributed by atoms with Crippen molar-refractivity contribution in [2.24, 2.45) is 11.7 Å². The van der Waals surface area contributed by atoms with Crippen LogP contribution in [0.4, 0.5) is 5.82 Å². The fourth-order valence-electron chi connectivity index (χ4n) is 4.93. The van der Waals surface area contributed by atoms with E-state index in [1.807, 2.05) is 19.1 Å². The number of ether oxygens (including phenoxy) is 2. The maximum Gasteiger partial charge on any atom is 0.295 e. The van der Waals surface area contributed by atoms with Crippen molar-refractivity contribution in [3.63, 3.8) is 0 Å². The molecule has 2 amide bonds. The van der Waals surface area contributed by atoms with Crippen LogP contribution < -0.4 is 15.4 Å². The number of Topliss-reactive ketones (excluding diaryl/α,β-unsaturated/α-hetero) is 1. The van der Waals surface area contributed by atoms with Gasteiger partial charge >= 0.3 is 0 Å². The van der Waals surface area contributed by atoms with E-state index >= 15 is 0 Å². The Labute approximate surface area is 201 Å². The summed E-state index contributed by atoms with van der Waals surface area (Å²) in [5.74, 6) is -0.457. The lowest BCUT2D eigenvalue weighted by atomic mass is 9.77. The molecule has 0 spiro atoms. The highest BCUT2D eigenvalue weighted by atomic mass is 35.5. The highest BCUT2D eigenvalue weighted by molar-refractivity contribution is 6.21. The minimum atomic E-state index is -0.703. The largest absolute Gasteiger partial charge is 0.484 e. The molecule has 1 saturated carbocycles. The summed E-state index contributed by atoms with van der Waals surface area (Å²) in [5.41, 5.74) is 6.93. The second-order valence-electron chi connectivity index (χ2n) is 8.82. The Balaban J connectivity index is 1.57. The number of anilines is 1. The number of amides is 2. The first-order valence-corrected chi connectivity index (χ1v) is 11.6. The zero-order valence-corrected chi connectivity index (χ0v) is 19.3. The van der Waals surface area contributed by atoms with E-state index in [2.05, 4.69) is 4.98 Å². The van der Waals surface area contributed by atoms with Crippen molar-refractivity contribution in [3.8, 4) is 5.75 Å². The summed E-state index contributed by atoms with van der Waals surface area (Å²) >= 11 is 6.38. The predicted molar refractivity (Wildman–Crippen MR) is 124 cm³/mol. The van der Waals surface area contributed by atoms with Gasteiger partial charge in [0.05, 0.1) is 17.5 Å². The van der Waals surface area contributed by atoms with Crippen LogP contribution in [0.3, 0.4) is 0 Å².